The van der Waals surface area contributed by atoms with Gasteiger partial charge in [-0.15, -0.1) is 0 Å². The molecular formula is C13H18N2OS2. The second-order valence-corrected chi connectivity index (χ2v) is 5.49. The first-order valence-electron chi connectivity index (χ1n) is 6.04. The summed E-state index contributed by atoms with van der Waals surface area (Å²) in [6, 6.07) is 6.44. The number of fused-ring (bicyclic) bond motifs is 1. The lowest BCUT2D eigenvalue weighted by atomic mass is 10.2. The van der Waals surface area contributed by atoms with E-state index in [9.17, 15) is 0 Å². The lowest BCUT2D eigenvalue weighted by Gasteiger charge is -2.13. The highest BCUT2D eigenvalue weighted by molar-refractivity contribution is 7.98. The maximum atomic E-state index is 5.63. The summed E-state index contributed by atoms with van der Waals surface area (Å²) in [6.07, 6.45) is 2.11. The molecule has 0 amide bonds. The van der Waals surface area contributed by atoms with E-state index in [0.717, 1.165) is 27.3 Å². The van der Waals surface area contributed by atoms with E-state index in [4.69, 9.17) is 17.0 Å². The molecule has 2 aromatic rings. The van der Waals surface area contributed by atoms with Gasteiger partial charge < -0.3 is 14.3 Å². The fraction of sp³-hybridized carbons (Fsp3) is 0.462. The highest BCUT2D eigenvalue weighted by Crippen LogP contribution is 2.27. The molecule has 1 heterocycles. The Morgan fingerprint density at radius 1 is 1.50 bits per heavy atom. The second-order valence-electron chi connectivity index (χ2n) is 4.19. The summed E-state index contributed by atoms with van der Waals surface area (Å²) in [6.45, 7) is 4.83. The van der Waals surface area contributed by atoms with Gasteiger partial charge in [0.15, 0.2) is 4.77 Å². The van der Waals surface area contributed by atoms with Gasteiger partial charge in [0.1, 0.15) is 11.3 Å². The first-order valence-corrected chi connectivity index (χ1v) is 7.84. The van der Waals surface area contributed by atoms with E-state index in [1.54, 1.807) is 0 Å². The van der Waals surface area contributed by atoms with Crippen LogP contribution in [0.2, 0.25) is 0 Å². The van der Waals surface area contributed by atoms with Crippen LogP contribution in [0.5, 0.6) is 5.75 Å². The quantitative estimate of drug-likeness (QED) is 0.840. The van der Waals surface area contributed by atoms with E-state index >= 15 is 0 Å². The van der Waals surface area contributed by atoms with Crippen molar-refractivity contribution in [3.63, 3.8) is 0 Å². The molecule has 1 unspecified atom stereocenters. The molecule has 2 rings (SSSR count). The molecule has 0 aliphatic rings. The molecular weight excluding hydrogens is 264 g/mol. The van der Waals surface area contributed by atoms with Crippen molar-refractivity contribution in [3.8, 4) is 5.75 Å². The van der Waals surface area contributed by atoms with E-state index in [-0.39, 0.29) is 0 Å². The molecule has 0 bridgehead atoms. The Labute approximate surface area is 117 Å². The van der Waals surface area contributed by atoms with Crippen LogP contribution >= 0.6 is 24.0 Å². The minimum Gasteiger partial charge on any atom is -0.492 e. The van der Waals surface area contributed by atoms with Crippen LogP contribution in [-0.4, -0.2) is 28.2 Å². The molecule has 0 saturated carbocycles. The molecule has 98 valence electrons. The third kappa shape index (κ3) is 2.42. The number of imidazole rings is 1. The number of aromatic nitrogens is 2. The van der Waals surface area contributed by atoms with E-state index < -0.39 is 0 Å². The summed E-state index contributed by atoms with van der Waals surface area (Å²) in [5.41, 5.74) is 2.12. The molecule has 0 aliphatic heterocycles. The topological polar surface area (TPSA) is 29.9 Å². The number of rotatable bonds is 5. The van der Waals surface area contributed by atoms with E-state index in [1.165, 1.54) is 0 Å². The minimum atomic E-state index is 0.373. The maximum absolute atomic E-state index is 5.63. The zero-order valence-corrected chi connectivity index (χ0v) is 12.5. The number of nitrogens with one attached hydrogen (secondary N) is 1. The van der Waals surface area contributed by atoms with Crippen molar-refractivity contribution in [2.45, 2.75) is 19.9 Å². The lowest BCUT2D eigenvalue weighted by Crippen LogP contribution is -2.07. The second kappa shape index (κ2) is 5.80. The smallest absolute Gasteiger partial charge is 0.178 e. The molecule has 3 nitrogen and oxygen atoms in total. The van der Waals surface area contributed by atoms with Crippen molar-refractivity contribution in [1.82, 2.24) is 9.55 Å². The van der Waals surface area contributed by atoms with E-state index in [2.05, 4.69) is 28.8 Å². The van der Waals surface area contributed by atoms with Gasteiger partial charge in [-0.3, -0.25) is 0 Å². The van der Waals surface area contributed by atoms with Gasteiger partial charge >= 0.3 is 0 Å². The third-order valence-electron chi connectivity index (χ3n) is 2.86. The van der Waals surface area contributed by atoms with Gasteiger partial charge in [0.05, 0.1) is 12.1 Å². The van der Waals surface area contributed by atoms with Crippen LogP contribution in [-0.2, 0) is 0 Å². The molecule has 0 radical (unpaired) electrons. The van der Waals surface area contributed by atoms with Gasteiger partial charge in [0.25, 0.3) is 0 Å². The molecule has 1 atom stereocenters. The minimum absolute atomic E-state index is 0.373. The summed E-state index contributed by atoms with van der Waals surface area (Å²) >= 11 is 7.26. The van der Waals surface area contributed by atoms with Crippen molar-refractivity contribution in [1.29, 1.82) is 0 Å². The Morgan fingerprint density at radius 3 is 2.94 bits per heavy atom. The fourth-order valence-electron chi connectivity index (χ4n) is 2.15. The highest BCUT2D eigenvalue weighted by atomic mass is 32.2. The first kappa shape index (κ1) is 13.5. The van der Waals surface area contributed by atoms with Crippen LogP contribution in [0.4, 0.5) is 0 Å². The Balaban J connectivity index is 2.58. The number of benzene rings is 1. The number of aromatic amines is 1. The number of ether oxygens (including phenoxy) is 1. The van der Waals surface area contributed by atoms with Crippen molar-refractivity contribution < 1.29 is 4.74 Å². The zero-order chi connectivity index (χ0) is 13.1. The van der Waals surface area contributed by atoms with E-state index in [0.29, 0.717) is 12.6 Å². The molecule has 0 aliphatic carbocycles. The molecule has 1 aromatic heterocycles. The third-order valence-corrected chi connectivity index (χ3v) is 3.98. The Hall–Kier alpha value is -0.940. The van der Waals surface area contributed by atoms with Crippen LogP contribution < -0.4 is 4.74 Å². The van der Waals surface area contributed by atoms with Gasteiger partial charge in [-0.05, 0) is 44.5 Å². The Bertz CT molecular complexity index is 588. The predicted molar refractivity (Wildman–Crippen MR) is 81.4 cm³/mol. The van der Waals surface area contributed by atoms with Crippen molar-refractivity contribution >= 4 is 35.0 Å². The predicted octanol–water partition coefficient (Wildman–Crippen LogP) is 4.02. The Morgan fingerprint density at radius 2 is 2.28 bits per heavy atom. The molecule has 0 saturated heterocycles. The summed E-state index contributed by atoms with van der Waals surface area (Å²) in [4.78, 5) is 3.26. The zero-order valence-electron chi connectivity index (χ0n) is 10.9. The number of hydrogen-bond donors (Lipinski definition) is 1. The van der Waals surface area contributed by atoms with Crippen molar-refractivity contribution in [2.75, 3.05) is 18.6 Å². The van der Waals surface area contributed by atoms with Crippen LogP contribution in [0.3, 0.4) is 0 Å². The van der Waals surface area contributed by atoms with Gasteiger partial charge in [0, 0.05) is 11.8 Å². The SMILES string of the molecule is CCOc1cccc2c1[nH]c(=S)n2C(C)CSC. The summed E-state index contributed by atoms with van der Waals surface area (Å²) < 4.78 is 8.56. The molecule has 1 N–H and O–H groups in total. The van der Waals surface area contributed by atoms with Gasteiger partial charge in [-0.25, -0.2) is 0 Å². The average Bonchev–Trinajstić information content (AvgIpc) is 2.67. The maximum Gasteiger partial charge on any atom is 0.178 e. The molecule has 1 aromatic carbocycles. The van der Waals surface area contributed by atoms with E-state index in [1.807, 2.05) is 30.8 Å². The average molecular weight is 282 g/mol. The van der Waals surface area contributed by atoms with Crippen LogP contribution in [0.1, 0.15) is 19.9 Å². The summed E-state index contributed by atoms with van der Waals surface area (Å²) in [5, 5.41) is 0. The first-order chi connectivity index (χ1) is 8.69. The molecule has 0 spiro atoms. The lowest BCUT2D eigenvalue weighted by molar-refractivity contribution is 0.343. The molecule has 5 heteroatoms. The number of hydrogen-bond acceptors (Lipinski definition) is 3. The monoisotopic (exact) mass is 282 g/mol. The van der Waals surface area contributed by atoms with Crippen LogP contribution in [0, 0.1) is 4.77 Å². The number of para-hydroxylation sites is 1. The number of thioether (sulfide) groups is 1. The normalized spacial score (nSPS) is 12.8. The highest BCUT2D eigenvalue weighted by Gasteiger charge is 2.13. The number of H-pyrrole nitrogens is 1. The van der Waals surface area contributed by atoms with Crippen LogP contribution in [0.15, 0.2) is 18.2 Å². The van der Waals surface area contributed by atoms with Crippen LogP contribution in [0.25, 0.3) is 11.0 Å². The molecule has 0 fully saturated rings. The number of nitrogens with zero attached hydrogens (tertiary/aromatic N) is 1. The van der Waals surface area contributed by atoms with Gasteiger partial charge in [-0.1, -0.05) is 6.07 Å². The van der Waals surface area contributed by atoms with Crippen molar-refractivity contribution in [2.24, 2.45) is 0 Å². The van der Waals surface area contributed by atoms with Gasteiger partial charge in [-0.2, -0.15) is 11.8 Å². The summed E-state index contributed by atoms with van der Waals surface area (Å²) in [5.74, 6) is 1.91. The fourth-order valence-corrected chi connectivity index (χ4v) is 3.16. The molecule has 18 heavy (non-hydrogen) atoms. The van der Waals surface area contributed by atoms with Crippen molar-refractivity contribution in [3.05, 3.63) is 23.0 Å². The largest absolute Gasteiger partial charge is 0.492 e. The summed E-state index contributed by atoms with van der Waals surface area (Å²) in [7, 11) is 0. The van der Waals surface area contributed by atoms with Gasteiger partial charge in [0.2, 0.25) is 0 Å². The standard InChI is InChI=1S/C13H18N2OS2/c1-4-16-11-7-5-6-10-12(11)14-13(17)15(10)9(2)8-18-3/h5-7,9H,4,8H2,1-3H3,(H,14,17). The Kier molecular flexibility index (Phi) is 4.35.